The number of nitrogens with zero attached hydrogens (tertiary/aromatic N) is 2. The number of carbonyl (C=O) groups is 1. The second-order valence-electron chi connectivity index (χ2n) is 5.62. The van der Waals surface area contributed by atoms with Crippen LogP contribution in [0.15, 0.2) is 46.9 Å². The highest BCUT2D eigenvalue weighted by Gasteiger charge is 2.16. The first kappa shape index (κ1) is 15.7. The lowest BCUT2D eigenvalue weighted by molar-refractivity contribution is -0.384. The van der Waals surface area contributed by atoms with Gasteiger partial charge in [0.15, 0.2) is 5.58 Å². The van der Waals surface area contributed by atoms with Crippen LogP contribution in [0.3, 0.4) is 0 Å². The number of fused-ring (bicyclic) bond motifs is 1. The van der Waals surface area contributed by atoms with Crippen LogP contribution in [0.5, 0.6) is 0 Å². The number of carbonyl (C=O) groups excluding carboxylic acids is 1. The minimum atomic E-state index is -0.482. The van der Waals surface area contributed by atoms with Crippen LogP contribution in [0.4, 0.5) is 11.4 Å². The molecule has 1 aromatic heterocycles. The molecular formula is C17H15N3O4. The fraction of sp³-hybridized carbons (Fsp3) is 0.176. The summed E-state index contributed by atoms with van der Waals surface area (Å²) in [7, 11) is 0. The van der Waals surface area contributed by atoms with E-state index in [0.29, 0.717) is 28.2 Å². The number of non-ortho nitro benzene ring substituents is 1. The lowest BCUT2D eigenvalue weighted by Crippen LogP contribution is -2.18. The van der Waals surface area contributed by atoms with Crippen LogP contribution in [0.2, 0.25) is 0 Å². The Morgan fingerprint density at radius 2 is 2.00 bits per heavy atom. The molecule has 3 rings (SSSR count). The molecule has 0 atom stereocenters. The molecule has 122 valence electrons. The Hall–Kier alpha value is -3.22. The van der Waals surface area contributed by atoms with Crippen molar-refractivity contribution < 1.29 is 14.1 Å². The average Bonchev–Trinajstić information content (AvgIpc) is 2.97. The minimum Gasteiger partial charge on any atom is -0.436 e. The molecule has 0 spiro atoms. The lowest BCUT2D eigenvalue weighted by Gasteiger charge is -2.10. The van der Waals surface area contributed by atoms with E-state index in [4.69, 9.17) is 4.42 Å². The Morgan fingerprint density at radius 3 is 2.71 bits per heavy atom. The summed E-state index contributed by atoms with van der Waals surface area (Å²) in [5, 5.41) is 13.7. The number of nitro groups is 1. The molecule has 0 aliphatic heterocycles. The Kier molecular flexibility index (Phi) is 3.99. The topological polar surface area (TPSA) is 98.3 Å². The molecule has 0 saturated heterocycles. The Balaban J connectivity index is 2.04. The largest absolute Gasteiger partial charge is 0.436 e. The summed E-state index contributed by atoms with van der Waals surface area (Å²) < 4.78 is 5.69. The highest BCUT2D eigenvalue weighted by molar-refractivity contribution is 5.96. The number of hydrogen-bond donors (Lipinski definition) is 1. The number of para-hydroxylation sites is 1. The van der Waals surface area contributed by atoms with Gasteiger partial charge in [-0.15, -0.1) is 0 Å². The van der Waals surface area contributed by atoms with Crippen molar-refractivity contribution in [1.29, 1.82) is 0 Å². The molecule has 1 N–H and O–H groups in total. The van der Waals surface area contributed by atoms with E-state index in [1.54, 1.807) is 38.1 Å². The van der Waals surface area contributed by atoms with E-state index >= 15 is 0 Å². The molecule has 1 amide bonds. The fourth-order valence-corrected chi connectivity index (χ4v) is 2.20. The molecule has 7 nitrogen and oxygen atoms in total. The molecule has 7 heteroatoms. The molecule has 0 unspecified atom stereocenters. The molecular weight excluding hydrogens is 310 g/mol. The van der Waals surface area contributed by atoms with Crippen LogP contribution in [0.1, 0.15) is 13.8 Å². The van der Waals surface area contributed by atoms with E-state index in [1.165, 1.54) is 18.2 Å². The quantitative estimate of drug-likeness (QED) is 0.577. The second-order valence-corrected chi connectivity index (χ2v) is 5.62. The molecule has 0 aliphatic carbocycles. The van der Waals surface area contributed by atoms with Crippen molar-refractivity contribution in [2.24, 2.45) is 5.92 Å². The van der Waals surface area contributed by atoms with Crippen molar-refractivity contribution in [1.82, 2.24) is 4.98 Å². The summed E-state index contributed by atoms with van der Waals surface area (Å²) in [5.41, 5.74) is 1.98. The lowest BCUT2D eigenvalue weighted by atomic mass is 10.1. The molecule has 0 saturated carbocycles. The molecule has 0 fully saturated rings. The number of benzene rings is 2. The van der Waals surface area contributed by atoms with E-state index in [0.717, 1.165) is 0 Å². The Labute approximate surface area is 137 Å². The van der Waals surface area contributed by atoms with Gasteiger partial charge in [-0.2, -0.15) is 0 Å². The molecule has 0 radical (unpaired) electrons. The standard InChI is InChI=1S/C17H15N3O4/c1-10(2)16(21)18-13-6-4-3-5-12(13)17-19-14-9-11(20(22)23)7-8-15(14)24-17/h3-10H,1-2H3,(H,18,21). The normalized spacial score (nSPS) is 11.0. The molecule has 0 aliphatic rings. The number of rotatable bonds is 4. The molecule has 24 heavy (non-hydrogen) atoms. The van der Waals surface area contributed by atoms with E-state index in [2.05, 4.69) is 10.3 Å². The van der Waals surface area contributed by atoms with E-state index in [1.807, 2.05) is 0 Å². The fourth-order valence-electron chi connectivity index (χ4n) is 2.20. The minimum absolute atomic E-state index is 0.0521. The maximum atomic E-state index is 12.0. The van der Waals surface area contributed by atoms with Gasteiger partial charge < -0.3 is 9.73 Å². The number of nitro benzene ring substituents is 1. The van der Waals surface area contributed by atoms with Crippen LogP contribution < -0.4 is 5.32 Å². The third kappa shape index (κ3) is 2.96. The van der Waals surface area contributed by atoms with Gasteiger partial charge in [-0.05, 0) is 18.2 Å². The van der Waals surface area contributed by atoms with Gasteiger partial charge in [0.05, 0.1) is 16.2 Å². The summed E-state index contributed by atoms with van der Waals surface area (Å²) in [4.78, 5) is 26.6. The van der Waals surface area contributed by atoms with Crippen molar-refractivity contribution in [2.45, 2.75) is 13.8 Å². The Morgan fingerprint density at radius 1 is 1.25 bits per heavy atom. The number of aromatic nitrogens is 1. The average molecular weight is 325 g/mol. The van der Waals surface area contributed by atoms with Gasteiger partial charge >= 0.3 is 0 Å². The molecule has 1 heterocycles. The third-order valence-corrected chi connectivity index (χ3v) is 3.52. The zero-order chi connectivity index (χ0) is 17.3. The molecule has 0 bridgehead atoms. The Bertz CT molecular complexity index is 930. The highest BCUT2D eigenvalue weighted by Crippen LogP contribution is 2.31. The van der Waals surface area contributed by atoms with Gasteiger partial charge in [0.1, 0.15) is 5.52 Å². The maximum Gasteiger partial charge on any atom is 0.271 e. The number of amides is 1. The summed E-state index contributed by atoms with van der Waals surface area (Å²) >= 11 is 0. The number of hydrogen-bond acceptors (Lipinski definition) is 5. The monoisotopic (exact) mass is 325 g/mol. The van der Waals surface area contributed by atoms with Gasteiger partial charge in [-0.1, -0.05) is 26.0 Å². The van der Waals surface area contributed by atoms with Crippen molar-refractivity contribution in [3.05, 3.63) is 52.6 Å². The summed E-state index contributed by atoms with van der Waals surface area (Å²) in [6.45, 7) is 3.60. The number of anilines is 1. The van der Waals surface area contributed by atoms with Gasteiger partial charge in [-0.3, -0.25) is 14.9 Å². The van der Waals surface area contributed by atoms with Gasteiger partial charge in [0.25, 0.3) is 5.69 Å². The van der Waals surface area contributed by atoms with Gasteiger partial charge in [0, 0.05) is 18.1 Å². The van der Waals surface area contributed by atoms with Crippen LogP contribution in [0.25, 0.3) is 22.6 Å². The zero-order valence-corrected chi connectivity index (χ0v) is 13.1. The smallest absolute Gasteiger partial charge is 0.271 e. The van der Waals surface area contributed by atoms with Crippen LogP contribution in [-0.4, -0.2) is 15.8 Å². The maximum absolute atomic E-state index is 12.0. The van der Waals surface area contributed by atoms with Gasteiger partial charge in [-0.25, -0.2) is 4.98 Å². The van der Waals surface area contributed by atoms with Crippen molar-refractivity contribution >= 4 is 28.4 Å². The summed E-state index contributed by atoms with van der Waals surface area (Å²) in [6.07, 6.45) is 0. The van der Waals surface area contributed by atoms with E-state index in [9.17, 15) is 14.9 Å². The van der Waals surface area contributed by atoms with E-state index in [-0.39, 0.29) is 17.5 Å². The molecule has 3 aromatic rings. The van der Waals surface area contributed by atoms with Crippen molar-refractivity contribution in [3.63, 3.8) is 0 Å². The zero-order valence-electron chi connectivity index (χ0n) is 13.1. The SMILES string of the molecule is CC(C)C(=O)Nc1ccccc1-c1nc2cc([N+](=O)[O-])ccc2o1. The first-order chi connectivity index (χ1) is 11.5. The second kappa shape index (κ2) is 6.11. The first-order valence-electron chi connectivity index (χ1n) is 7.41. The first-order valence-corrected chi connectivity index (χ1v) is 7.41. The van der Waals surface area contributed by atoms with Gasteiger partial charge in [0.2, 0.25) is 11.8 Å². The van der Waals surface area contributed by atoms with Crippen LogP contribution in [-0.2, 0) is 4.79 Å². The van der Waals surface area contributed by atoms with Crippen molar-refractivity contribution in [2.75, 3.05) is 5.32 Å². The summed E-state index contributed by atoms with van der Waals surface area (Å²) in [6, 6.07) is 11.4. The third-order valence-electron chi connectivity index (χ3n) is 3.52. The predicted molar refractivity (Wildman–Crippen MR) is 89.6 cm³/mol. The van der Waals surface area contributed by atoms with E-state index < -0.39 is 4.92 Å². The van der Waals surface area contributed by atoms with Crippen LogP contribution in [0, 0.1) is 16.0 Å². The number of nitrogens with one attached hydrogen (secondary N) is 1. The molecule has 2 aromatic carbocycles. The predicted octanol–water partition coefficient (Wildman–Crippen LogP) is 4.00. The van der Waals surface area contributed by atoms with Crippen LogP contribution >= 0.6 is 0 Å². The van der Waals surface area contributed by atoms with Crippen molar-refractivity contribution in [3.8, 4) is 11.5 Å². The summed E-state index contributed by atoms with van der Waals surface area (Å²) in [5.74, 6) is 0.0173. The number of oxazole rings is 1. The highest BCUT2D eigenvalue weighted by atomic mass is 16.6.